The van der Waals surface area contributed by atoms with Crippen molar-refractivity contribution in [3.63, 3.8) is 0 Å². The Labute approximate surface area is 125 Å². The lowest BCUT2D eigenvalue weighted by Crippen LogP contribution is -2.12. The van der Waals surface area contributed by atoms with Crippen molar-refractivity contribution in [3.8, 4) is 17.2 Å². The number of hydrogen-bond donors (Lipinski definition) is 1. The van der Waals surface area contributed by atoms with E-state index in [4.69, 9.17) is 15.2 Å². The zero-order valence-electron chi connectivity index (χ0n) is 11.1. The van der Waals surface area contributed by atoms with E-state index in [2.05, 4.69) is 15.9 Å². The van der Waals surface area contributed by atoms with Gasteiger partial charge in [-0.3, -0.25) is 4.79 Å². The number of halogens is 1. The fourth-order valence-electron chi connectivity index (χ4n) is 1.73. The number of amides is 1. The van der Waals surface area contributed by atoms with Gasteiger partial charge in [0.15, 0.2) is 0 Å². The first-order valence-corrected chi connectivity index (χ1v) is 6.72. The quantitative estimate of drug-likeness (QED) is 0.927. The van der Waals surface area contributed by atoms with Crippen LogP contribution in [0.25, 0.3) is 0 Å². The number of rotatable bonds is 4. The van der Waals surface area contributed by atoms with Crippen LogP contribution in [0.3, 0.4) is 0 Å². The van der Waals surface area contributed by atoms with Crippen molar-refractivity contribution in [2.75, 3.05) is 7.11 Å². The summed E-state index contributed by atoms with van der Waals surface area (Å²) in [6.07, 6.45) is 0. The first kappa shape index (κ1) is 14.4. The molecular weight excluding hydrogens is 322 g/mol. The normalized spacial score (nSPS) is 10.2. The van der Waals surface area contributed by atoms with Crippen molar-refractivity contribution in [1.82, 2.24) is 0 Å². The summed E-state index contributed by atoms with van der Waals surface area (Å²) >= 11 is 3.40. The Hall–Kier alpha value is -2.01. The van der Waals surface area contributed by atoms with Gasteiger partial charge in [-0.15, -0.1) is 0 Å². The minimum atomic E-state index is -0.523. The van der Waals surface area contributed by atoms with Gasteiger partial charge in [-0.2, -0.15) is 0 Å². The number of benzene rings is 2. The minimum absolute atomic E-state index is 0.346. The summed E-state index contributed by atoms with van der Waals surface area (Å²) in [4.78, 5) is 11.4. The van der Waals surface area contributed by atoms with Crippen molar-refractivity contribution in [3.05, 3.63) is 52.0 Å². The van der Waals surface area contributed by atoms with Gasteiger partial charge < -0.3 is 15.2 Å². The molecule has 0 aromatic heterocycles. The number of aryl methyl sites for hydroxylation is 1. The highest BCUT2D eigenvalue weighted by molar-refractivity contribution is 9.10. The Morgan fingerprint density at radius 3 is 2.50 bits per heavy atom. The maximum atomic E-state index is 11.4. The van der Waals surface area contributed by atoms with Crippen molar-refractivity contribution >= 4 is 21.8 Å². The standard InChI is InChI=1S/C15H14BrNO3/c1-9-3-5-11(15(17)18)14(7-9)20-13-6-4-10(19-2)8-12(13)16/h3-8H,1-2H3,(H2,17,18). The maximum Gasteiger partial charge on any atom is 0.252 e. The van der Waals surface area contributed by atoms with E-state index in [1.807, 2.05) is 13.0 Å². The van der Waals surface area contributed by atoms with E-state index in [1.54, 1.807) is 37.4 Å². The Balaban J connectivity index is 2.39. The fraction of sp³-hybridized carbons (Fsp3) is 0.133. The zero-order valence-corrected chi connectivity index (χ0v) is 12.7. The molecule has 4 nitrogen and oxygen atoms in total. The molecule has 0 atom stereocenters. The lowest BCUT2D eigenvalue weighted by atomic mass is 10.1. The van der Waals surface area contributed by atoms with Crippen molar-refractivity contribution < 1.29 is 14.3 Å². The highest BCUT2D eigenvalue weighted by Crippen LogP contribution is 2.34. The lowest BCUT2D eigenvalue weighted by Gasteiger charge is -2.12. The molecule has 0 aliphatic carbocycles. The van der Waals surface area contributed by atoms with E-state index in [1.165, 1.54) is 0 Å². The molecule has 1 amide bonds. The van der Waals surface area contributed by atoms with E-state index in [0.29, 0.717) is 22.8 Å². The molecule has 0 fully saturated rings. The smallest absolute Gasteiger partial charge is 0.252 e. The molecule has 2 aromatic rings. The van der Waals surface area contributed by atoms with Crippen LogP contribution in [0.5, 0.6) is 17.2 Å². The van der Waals surface area contributed by atoms with Gasteiger partial charge in [-0.25, -0.2) is 0 Å². The van der Waals surface area contributed by atoms with Crippen LogP contribution in [0.2, 0.25) is 0 Å². The SMILES string of the molecule is COc1ccc(Oc2cc(C)ccc2C(N)=O)c(Br)c1. The lowest BCUT2D eigenvalue weighted by molar-refractivity contribution is 0.0998. The van der Waals surface area contributed by atoms with Gasteiger partial charge in [0, 0.05) is 0 Å². The highest BCUT2D eigenvalue weighted by atomic mass is 79.9. The van der Waals surface area contributed by atoms with Crippen molar-refractivity contribution in [2.24, 2.45) is 5.73 Å². The maximum absolute atomic E-state index is 11.4. The molecule has 0 radical (unpaired) electrons. The van der Waals surface area contributed by atoms with E-state index in [0.717, 1.165) is 10.0 Å². The highest BCUT2D eigenvalue weighted by Gasteiger charge is 2.12. The van der Waals surface area contributed by atoms with Gasteiger partial charge in [0.25, 0.3) is 5.91 Å². The van der Waals surface area contributed by atoms with E-state index >= 15 is 0 Å². The molecule has 0 saturated heterocycles. The van der Waals surface area contributed by atoms with Gasteiger partial charge in [-0.1, -0.05) is 6.07 Å². The molecule has 0 bridgehead atoms. The van der Waals surface area contributed by atoms with Crippen LogP contribution < -0.4 is 15.2 Å². The summed E-state index contributed by atoms with van der Waals surface area (Å²) in [5.74, 6) is 1.20. The van der Waals surface area contributed by atoms with Crippen molar-refractivity contribution in [2.45, 2.75) is 6.92 Å². The molecule has 20 heavy (non-hydrogen) atoms. The van der Waals surface area contributed by atoms with E-state index in [-0.39, 0.29) is 0 Å². The molecule has 0 aliphatic rings. The van der Waals surface area contributed by atoms with Crippen molar-refractivity contribution in [1.29, 1.82) is 0 Å². The van der Waals surface area contributed by atoms with E-state index < -0.39 is 5.91 Å². The predicted octanol–water partition coefficient (Wildman–Crippen LogP) is 3.66. The second-order valence-electron chi connectivity index (χ2n) is 4.26. The summed E-state index contributed by atoms with van der Waals surface area (Å²) < 4.78 is 11.6. The number of nitrogens with two attached hydrogens (primary N) is 1. The van der Waals surface area contributed by atoms with Gasteiger partial charge in [0.05, 0.1) is 17.1 Å². The largest absolute Gasteiger partial charge is 0.497 e. The molecule has 2 aromatic carbocycles. The number of ether oxygens (including phenoxy) is 2. The monoisotopic (exact) mass is 335 g/mol. The van der Waals surface area contributed by atoms with Gasteiger partial charge in [0.2, 0.25) is 0 Å². The molecule has 5 heteroatoms. The average molecular weight is 336 g/mol. The van der Waals surface area contributed by atoms with E-state index in [9.17, 15) is 4.79 Å². The molecule has 0 saturated carbocycles. The molecule has 0 heterocycles. The summed E-state index contributed by atoms with van der Waals surface area (Å²) in [6, 6.07) is 10.6. The van der Waals surface area contributed by atoms with Gasteiger partial charge >= 0.3 is 0 Å². The number of carbonyl (C=O) groups is 1. The first-order valence-electron chi connectivity index (χ1n) is 5.93. The van der Waals surface area contributed by atoms with Crippen LogP contribution in [0.1, 0.15) is 15.9 Å². The second-order valence-corrected chi connectivity index (χ2v) is 5.12. The molecular formula is C15H14BrNO3. The second kappa shape index (κ2) is 5.96. The van der Waals surface area contributed by atoms with Crippen LogP contribution in [0.4, 0.5) is 0 Å². The van der Waals surface area contributed by atoms with Gasteiger partial charge in [0.1, 0.15) is 17.2 Å². The predicted molar refractivity (Wildman–Crippen MR) is 80.5 cm³/mol. The van der Waals surface area contributed by atoms with Crippen LogP contribution in [0.15, 0.2) is 40.9 Å². The summed E-state index contributed by atoms with van der Waals surface area (Å²) in [7, 11) is 1.59. The number of carbonyl (C=O) groups excluding carboxylic acids is 1. The Kier molecular flexibility index (Phi) is 4.29. The third-order valence-corrected chi connectivity index (χ3v) is 3.38. The number of methoxy groups -OCH3 is 1. The number of primary amides is 1. The summed E-state index contributed by atoms with van der Waals surface area (Å²) in [5.41, 5.74) is 6.68. The molecule has 104 valence electrons. The van der Waals surface area contributed by atoms with Crippen LogP contribution in [0, 0.1) is 6.92 Å². The van der Waals surface area contributed by atoms with Crippen LogP contribution in [-0.4, -0.2) is 13.0 Å². The Bertz CT molecular complexity index is 656. The zero-order chi connectivity index (χ0) is 14.7. The molecule has 2 rings (SSSR count). The Morgan fingerprint density at radius 1 is 1.15 bits per heavy atom. The topological polar surface area (TPSA) is 61.6 Å². The Morgan fingerprint density at radius 2 is 1.90 bits per heavy atom. The third-order valence-electron chi connectivity index (χ3n) is 2.76. The fourth-order valence-corrected chi connectivity index (χ4v) is 2.17. The average Bonchev–Trinajstić information content (AvgIpc) is 2.40. The van der Waals surface area contributed by atoms with Crippen LogP contribution >= 0.6 is 15.9 Å². The molecule has 0 spiro atoms. The summed E-state index contributed by atoms with van der Waals surface area (Å²) in [5, 5.41) is 0. The number of hydrogen-bond acceptors (Lipinski definition) is 3. The first-order chi connectivity index (χ1) is 9.51. The molecule has 0 unspecified atom stereocenters. The minimum Gasteiger partial charge on any atom is -0.497 e. The summed E-state index contributed by atoms with van der Waals surface area (Å²) in [6.45, 7) is 1.92. The molecule has 0 aliphatic heterocycles. The third kappa shape index (κ3) is 3.11. The van der Waals surface area contributed by atoms with Crippen LogP contribution in [-0.2, 0) is 0 Å². The van der Waals surface area contributed by atoms with Gasteiger partial charge in [-0.05, 0) is 58.7 Å². The molecule has 2 N–H and O–H groups in total.